The van der Waals surface area contributed by atoms with E-state index in [9.17, 15) is 10.1 Å². The summed E-state index contributed by atoms with van der Waals surface area (Å²) in [6, 6.07) is 11.3. The number of likely N-dealkylation sites (tertiary alicyclic amines) is 1. The van der Waals surface area contributed by atoms with Crippen LogP contribution < -0.4 is 10.1 Å². The molecule has 1 aliphatic heterocycles. The van der Waals surface area contributed by atoms with Gasteiger partial charge in [-0.3, -0.25) is 4.79 Å². The van der Waals surface area contributed by atoms with E-state index in [2.05, 4.69) is 16.3 Å². The molecule has 2 heterocycles. The van der Waals surface area contributed by atoms with E-state index in [4.69, 9.17) is 4.74 Å². The number of amides is 1. The van der Waals surface area contributed by atoms with Gasteiger partial charge in [0, 0.05) is 19.3 Å². The highest BCUT2D eigenvalue weighted by atomic mass is 16.5. The van der Waals surface area contributed by atoms with Gasteiger partial charge in [0.25, 0.3) is 5.91 Å². The van der Waals surface area contributed by atoms with Gasteiger partial charge in [0.1, 0.15) is 17.5 Å². The van der Waals surface area contributed by atoms with Crippen molar-refractivity contribution in [3.63, 3.8) is 0 Å². The first-order valence-corrected chi connectivity index (χ1v) is 9.08. The molecule has 0 atom stereocenters. The van der Waals surface area contributed by atoms with Gasteiger partial charge in [0.2, 0.25) is 0 Å². The van der Waals surface area contributed by atoms with Crippen molar-refractivity contribution in [3.05, 3.63) is 47.8 Å². The molecule has 0 radical (unpaired) electrons. The molecule has 1 aromatic heterocycles. The van der Waals surface area contributed by atoms with Crippen molar-refractivity contribution in [2.75, 3.05) is 32.8 Å². The van der Waals surface area contributed by atoms with Gasteiger partial charge in [-0.25, -0.2) is 0 Å². The van der Waals surface area contributed by atoms with Crippen LogP contribution in [0.2, 0.25) is 0 Å². The summed E-state index contributed by atoms with van der Waals surface area (Å²) in [4.78, 5) is 15.1. The molecule has 1 amide bonds. The monoisotopic (exact) mass is 352 g/mol. The molecule has 0 saturated carbocycles. The fraction of sp³-hybridized carbons (Fsp3) is 0.400. The van der Waals surface area contributed by atoms with Crippen LogP contribution in [0.15, 0.2) is 36.5 Å². The molecule has 0 unspecified atom stereocenters. The summed E-state index contributed by atoms with van der Waals surface area (Å²) < 4.78 is 7.41. The van der Waals surface area contributed by atoms with E-state index in [0.29, 0.717) is 30.2 Å². The molecule has 1 saturated heterocycles. The Labute approximate surface area is 154 Å². The topological polar surface area (TPSA) is 70.3 Å². The predicted octanol–water partition coefficient (Wildman–Crippen LogP) is 2.57. The van der Waals surface area contributed by atoms with Gasteiger partial charge < -0.3 is 19.5 Å². The molecule has 1 aliphatic rings. The number of rotatable bonds is 7. The van der Waals surface area contributed by atoms with Gasteiger partial charge in [-0.1, -0.05) is 12.1 Å². The van der Waals surface area contributed by atoms with Gasteiger partial charge >= 0.3 is 0 Å². The van der Waals surface area contributed by atoms with E-state index in [1.807, 2.05) is 31.2 Å². The van der Waals surface area contributed by atoms with Crippen LogP contribution in [0.4, 0.5) is 0 Å². The first-order chi connectivity index (χ1) is 12.7. The van der Waals surface area contributed by atoms with Crippen molar-refractivity contribution in [2.45, 2.75) is 19.8 Å². The number of nitrogens with zero attached hydrogens (tertiary/aromatic N) is 3. The Morgan fingerprint density at radius 2 is 2.04 bits per heavy atom. The maximum absolute atomic E-state index is 12.8. The SMILES string of the molecule is CCOc1ccccc1-n1ccc(C#N)c1C(=O)NCCN1CCCC1. The Morgan fingerprint density at radius 1 is 1.27 bits per heavy atom. The third kappa shape index (κ3) is 3.89. The van der Waals surface area contributed by atoms with Crippen LogP contribution in [0.1, 0.15) is 35.8 Å². The molecule has 1 aromatic carbocycles. The summed E-state index contributed by atoms with van der Waals surface area (Å²) >= 11 is 0. The largest absolute Gasteiger partial charge is 0.492 e. The van der Waals surface area contributed by atoms with Crippen molar-refractivity contribution in [1.29, 1.82) is 5.26 Å². The third-order valence-electron chi connectivity index (χ3n) is 4.56. The number of para-hydroxylation sites is 2. The zero-order valence-corrected chi connectivity index (χ0v) is 15.1. The average Bonchev–Trinajstić information content (AvgIpc) is 3.31. The molecule has 0 bridgehead atoms. The first kappa shape index (κ1) is 18.0. The van der Waals surface area contributed by atoms with E-state index in [0.717, 1.165) is 25.3 Å². The van der Waals surface area contributed by atoms with Crippen LogP contribution in [0.25, 0.3) is 5.69 Å². The first-order valence-electron chi connectivity index (χ1n) is 9.08. The molecule has 6 heteroatoms. The third-order valence-corrected chi connectivity index (χ3v) is 4.56. The van der Waals surface area contributed by atoms with Crippen LogP contribution in [0.3, 0.4) is 0 Å². The number of carbonyl (C=O) groups is 1. The number of nitrogens with one attached hydrogen (secondary N) is 1. The van der Waals surface area contributed by atoms with Crippen molar-refractivity contribution in [2.24, 2.45) is 0 Å². The van der Waals surface area contributed by atoms with Crippen LogP contribution in [-0.4, -0.2) is 48.2 Å². The van der Waals surface area contributed by atoms with Crippen LogP contribution in [0, 0.1) is 11.3 Å². The zero-order chi connectivity index (χ0) is 18.4. The highest BCUT2D eigenvalue weighted by Crippen LogP contribution is 2.26. The van der Waals surface area contributed by atoms with Crippen LogP contribution in [0.5, 0.6) is 5.75 Å². The summed E-state index contributed by atoms with van der Waals surface area (Å²) in [5.74, 6) is 0.443. The number of aromatic nitrogens is 1. The lowest BCUT2D eigenvalue weighted by Crippen LogP contribution is -2.34. The maximum Gasteiger partial charge on any atom is 0.269 e. The smallest absolute Gasteiger partial charge is 0.269 e. The standard InChI is InChI=1S/C20H24N4O2/c1-2-26-18-8-4-3-7-17(18)24-13-9-16(15-21)19(24)20(25)22-10-14-23-11-5-6-12-23/h3-4,7-9,13H,2,5-6,10-12,14H2,1H3,(H,22,25). The van der Waals surface area contributed by atoms with Crippen molar-refractivity contribution in [3.8, 4) is 17.5 Å². The number of hydrogen-bond acceptors (Lipinski definition) is 4. The van der Waals surface area contributed by atoms with E-state index < -0.39 is 0 Å². The fourth-order valence-corrected chi connectivity index (χ4v) is 3.31. The number of hydrogen-bond donors (Lipinski definition) is 1. The summed E-state index contributed by atoms with van der Waals surface area (Å²) in [6.45, 7) is 6.04. The lowest BCUT2D eigenvalue weighted by Gasteiger charge is -2.16. The summed E-state index contributed by atoms with van der Waals surface area (Å²) in [7, 11) is 0. The van der Waals surface area contributed by atoms with E-state index in [-0.39, 0.29) is 5.91 Å². The second kappa shape index (κ2) is 8.54. The second-order valence-electron chi connectivity index (χ2n) is 6.27. The Bertz CT molecular complexity index is 800. The summed E-state index contributed by atoms with van der Waals surface area (Å²) in [5, 5.41) is 12.4. The highest BCUT2D eigenvalue weighted by molar-refractivity contribution is 5.96. The van der Waals surface area contributed by atoms with Crippen LogP contribution >= 0.6 is 0 Å². The minimum atomic E-state index is -0.239. The molecule has 1 N–H and O–H groups in total. The molecule has 3 rings (SSSR count). The van der Waals surface area contributed by atoms with Gasteiger partial charge in [-0.2, -0.15) is 5.26 Å². The maximum atomic E-state index is 12.8. The zero-order valence-electron chi connectivity index (χ0n) is 15.1. The van der Waals surface area contributed by atoms with Gasteiger partial charge in [0.15, 0.2) is 0 Å². The van der Waals surface area contributed by atoms with E-state index >= 15 is 0 Å². The molecule has 26 heavy (non-hydrogen) atoms. The summed E-state index contributed by atoms with van der Waals surface area (Å²) in [5.41, 5.74) is 1.46. The number of carbonyl (C=O) groups excluding carboxylic acids is 1. The molecule has 136 valence electrons. The van der Waals surface area contributed by atoms with E-state index in [1.165, 1.54) is 12.8 Å². The van der Waals surface area contributed by atoms with E-state index in [1.54, 1.807) is 16.8 Å². The van der Waals surface area contributed by atoms with Crippen molar-refractivity contribution >= 4 is 5.91 Å². The quantitative estimate of drug-likeness (QED) is 0.831. The number of ether oxygens (including phenoxy) is 1. The van der Waals surface area contributed by atoms with Crippen molar-refractivity contribution < 1.29 is 9.53 Å². The molecule has 1 fully saturated rings. The number of benzene rings is 1. The number of nitriles is 1. The molecule has 0 spiro atoms. The fourth-order valence-electron chi connectivity index (χ4n) is 3.31. The van der Waals surface area contributed by atoms with Gasteiger partial charge in [0.05, 0.1) is 17.9 Å². The molecular formula is C20H24N4O2. The molecule has 0 aliphatic carbocycles. The second-order valence-corrected chi connectivity index (χ2v) is 6.27. The highest BCUT2D eigenvalue weighted by Gasteiger charge is 2.20. The average molecular weight is 352 g/mol. The Balaban J connectivity index is 1.81. The minimum absolute atomic E-state index is 0.239. The van der Waals surface area contributed by atoms with Crippen molar-refractivity contribution in [1.82, 2.24) is 14.8 Å². The molecule has 6 nitrogen and oxygen atoms in total. The predicted molar refractivity (Wildman–Crippen MR) is 99.7 cm³/mol. The molecular weight excluding hydrogens is 328 g/mol. The van der Waals surface area contributed by atoms with Gasteiger partial charge in [-0.15, -0.1) is 0 Å². The minimum Gasteiger partial charge on any atom is -0.492 e. The lowest BCUT2D eigenvalue weighted by molar-refractivity contribution is 0.0942. The Hall–Kier alpha value is -2.78. The van der Waals surface area contributed by atoms with Crippen LogP contribution in [-0.2, 0) is 0 Å². The Morgan fingerprint density at radius 3 is 2.77 bits per heavy atom. The van der Waals surface area contributed by atoms with Gasteiger partial charge in [-0.05, 0) is 51.1 Å². The Kier molecular flexibility index (Phi) is 5.92. The molecule has 2 aromatic rings. The summed E-state index contributed by atoms with van der Waals surface area (Å²) in [6.07, 6.45) is 4.19. The lowest BCUT2D eigenvalue weighted by atomic mass is 10.2. The normalized spacial score (nSPS) is 14.2.